The van der Waals surface area contributed by atoms with Gasteiger partial charge in [0.2, 0.25) is 5.91 Å². The second-order valence-corrected chi connectivity index (χ2v) is 6.89. The number of nitrogens with one attached hydrogen (secondary N) is 1. The van der Waals surface area contributed by atoms with Crippen molar-refractivity contribution in [2.75, 3.05) is 20.6 Å². The number of aryl methyl sites for hydroxylation is 1. The lowest BCUT2D eigenvalue weighted by atomic mass is 10.1. The topological polar surface area (TPSA) is 67.2 Å². The number of aromatic nitrogens is 2. The van der Waals surface area contributed by atoms with Crippen LogP contribution in [-0.2, 0) is 18.3 Å². The molecule has 0 saturated carbocycles. The summed E-state index contributed by atoms with van der Waals surface area (Å²) in [5.74, 6) is -0.123. The molecule has 1 heterocycles. The molecule has 1 N–H and O–H groups in total. The summed E-state index contributed by atoms with van der Waals surface area (Å²) in [4.78, 5) is 27.0. The quantitative estimate of drug-likeness (QED) is 0.725. The highest BCUT2D eigenvalue weighted by Gasteiger charge is 2.18. The Morgan fingerprint density at radius 3 is 2.37 bits per heavy atom. The molecule has 0 unspecified atom stereocenters. The molecular formula is C21H24N4O2. The van der Waals surface area contributed by atoms with E-state index in [2.05, 4.69) is 10.4 Å². The van der Waals surface area contributed by atoms with Gasteiger partial charge in [0.25, 0.3) is 5.56 Å². The van der Waals surface area contributed by atoms with Gasteiger partial charge in [-0.15, -0.1) is 0 Å². The first-order valence-corrected chi connectivity index (χ1v) is 8.89. The Bertz CT molecular complexity index is 996. The van der Waals surface area contributed by atoms with E-state index in [1.165, 1.54) is 4.68 Å². The van der Waals surface area contributed by atoms with Crippen LogP contribution < -0.4 is 10.9 Å². The number of amides is 1. The molecule has 0 fully saturated rings. The second-order valence-electron chi connectivity index (χ2n) is 6.89. The lowest BCUT2D eigenvalue weighted by molar-refractivity contribution is -0.121. The zero-order chi connectivity index (χ0) is 19.4. The molecule has 140 valence electrons. The summed E-state index contributed by atoms with van der Waals surface area (Å²) in [6.07, 6.45) is 0.116. The van der Waals surface area contributed by atoms with Crippen LogP contribution in [0.4, 0.5) is 0 Å². The monoisotopic (exact) mass is 364 g/mol. The van der Waals surface area contributed by atoms with Crippen LogP contribution in [0.15, 0.2) is 59.4 Å². The second kappa shape index (κ2) is 8.14. The highest BCUT2D eigenvalue weighted by molar-refractivity contribution is 5.88. The summed E-state index contributed by atoms with van der Waals surface area (Å²) in [7, 11) is 5.56. The third-order valence-corrected chi connectivity index (χ3v) is 4.45. The van der Waals surface area contributed by atoms with Crippen LogP contribution in [0, 0.1) is 0 Å². The van der Waals surface area contributed by atoms with Crippen LogP contribution in [0.2, 0.25) is 0 Å². The fraction of sp³-hybridized carbons (Fsp3) is 0.286. The van der Waals surface area contributed by atoms with E-state index in [9.17, 15) is 9.59 Å². The molecular weight excluding hydrogens is 340 g/mol. The fourth-order valence-electron chi connectivity index (χ4n) is 3.19. The van der Waals surface area contributed by atoms with Crippen LogP contribution >= 0.6 is 0 Å². The van der Waals surface area contributed by atoms with Crippen molar-refractivity contribution in [3.05, 3.63) is 76.2 Å². The van der Waals surface area contributed by atoms with Crippen LogP contribution in [0.5, 0.6) is 0 Å². The van der Waals surface area contributed by atoms with E-state index < -0.39 is 0 Å². The molecule has 1 atom stereocenters. The summed E-state index contributed by atoms with van der Waals surface area (Å²) in [6, 6.07) is 17.0. The Balaban J connectivity index is 1.85. The summed E-state index contributed by atoms with van der Waals surface area (Å²) in [5.41, 5.74) is 1.49. The molecule has 0 aliphatic carbocycles. The van der Waals surface area contributed by atoms with E-state index in [-0.39, 0.29) is 23.9 Å². The molecule has 2 aromatic carbocycles. The van der Waals surface area contributed by atoms with Gasteiger partial charge in [-0.05, 0) is 25.7 Å². The minimum absolute atomic E-state index is 0.116. The number of rotatable bonds is 6. The molecule has 6 heteroatoms. The van der Waals surface area contributed by atoms with Gasteiger partial charge in [0.05, 0.1) is 23.5 Å². The van der Waals surface area contributed by atoms with E-state index in [1.54, 1.807) is 13.1 Å². The van der Waals surface area contributed by atoms with Crippen molar-refractivity contribution >= 4 is 16.7 Å². The molecule has 27 heavy (non-hydrogen) atoms. The van der Waals surface area contributed by atoms with Gasteiger partial charge in [-0.3, -0.25) is 9.59 Å². The number of nitrogens with zero attached hydrogens (tertiary/aromatic N) is 3. The minimum atomic E-state index is -0.162. The number of fused-ring (bicyclic) bond motifs is 1. The van der Waals surface area contributed by atoms with E-state index in [0.29, 0.717) is 17.6 Å². The van der Waals surface area contributed by atoms with Gasteiger partial charge >= 0.3 is 0 Å². The minimum Gasteiger partial charge on any atom is -0.348 e. The predicted octanol–water partition coefficient (Wildman–Crippen LogP) is 1.90. The van der Waals surface area contributed by atoms with Crippen LogP contribution in [-0.4, -0.2) is 41.2 Å². The van der Waals surface area contributed by atoms with Crippen molar-refractivity contribution < 1.29 is 4.79 Å². The predicted molar refractivity (Wildman–Crippen MR) is 107 cm³/mol. The summed E-state index contributed by atoms with van der Waals surface area (Å²) < 4.78 is 1.29. The van der Waals surface area contributed by atoms with Gasteiger partial charge in [-0.2, -0.15) is 5.10 Å². The average Bonchev–Trinajstić information content (AvgIpc) is 2.66. The van der Waals surface area contributed by atoms with Gasteiger partial charge < -0.3 is 10.2 Å². The molecule has 0 aliphatic rings. The van der Waals surface area contributed by atoms with Crippen molar-refractivity contribution in [3.63, 3.8) is 0 Å². The molecule has 0 saturated heterocycles. The van der Waals surface area contributed by atoms with Gasteiger partial charge in [-0.25, -0.2) is 4.68 Å². The zero-order valence-electron chi connectivity index (χ0n) is 15.8. The lowest BCUT2D eigenvalue weighted by Crippen LogP contribution is -2.36. The molecule has 3 aromatic rings. The first-order chi connectivity index (χ1) is 13.0. The molecule has 1 aromatic heterocycles. The molecule has 1 amide bonds. The summed E-state index contributed by atoms with van der Waals surface area (Å²) >= 11 is 0. The Kier molecular flexibility index (Phi) is 5.66. The van der Waals surface area contributed by atoms with Crippen LogP contribution in [0.3, 0.4) is 0 Å². The molecule has 3 rings (SSSR count). The Labute approximate surface area is 158 Å². The smallest absolute Gasteiger partial charge is 0.274 e. The summed E-state index contributed by atoms with van der Waals surface area (Å²) in [5, 5.41) is 8.72. The summed E-state index contributed by atoms with van der Waals surface area (Å²) in [6.45, 7) is 0.692. The van der Waals surface area contributed by atoms with Crippen LogP contribution in [0.1, 0.15) is 17.3 Å². The van der Waals surface area contributed by atoms with Gasteiger partial charge in [-0.1, -0.05) is 48.5 Å². The van der Waals surface area contributed by atoms with Crippen molar-refractivity contribution in [1.82, 2.24) is 20.0 Å². The van der Waals surface area contributed by atoms with Gasteiger partial charge in [0, 0.05) is 19.0 Å². The normalized spacial score (nSPS) is 12.3. The zero-order valence-corrected chi connectivity index (χ0v) is 15.8. The fourth-order valence-corrected chi connectivity index (χ4v) is 3.19. The number of benzene rings is 2. The maximum Gasteiger partial charge on any atom is 0.274 e. The number of carbonyl (C=O) groups is 1. The van der Waals surface area contributed by atoms with Crippen molar-refractivity contribution in [3.8, 4) is 0 Å². The van der Waals surface area contributed by atoms with Gasteiger partial charge in [0.15, 0.2) is 0 Å². The largest absolute Gasteiger partial charge is 0.348 e. The Morgan fingerprint density at radius 1 is 1.07 bits per heavy atom. The number of hydrogen-bond acceptors (Lipinski definition) is 4. The molecule has 0 radical (unpaired) electrons. The molecule has 0 spiro atoms. The van der Waals surface area contributed by atoms with Crippen molar-refractivity contribution in [2.24, 2.45) is 7.05 Å². The van der Waals surface area contributed by atoms with E-state index in [0.717, 1.165) is 10.9 Å². The van der Waals surface area contributed by atoms with Crippen molar-refractivity contribution in [2.45, 2.75) is 12.5 Å². The molecule has 0 bridgehead atoms. The third kappa shape index (κ3) is 4.41. The molecule has 6 nitrogen and oxygen atoms in total. The SMILES string of the molecule is CN(C)C[C@H](NC(=O)Cc1nn(C)c(=O)c2ccccc12)c1ccccc1. The first kappa shape index (κ1) is 18.8. The van der Waals surface area contributed by atoms with E-state index in [4.69, 9.17) is 0 Å². The van der Waals surface area contributed by atoms with E-state index in [1.807, 2.05) is 67.5 Å². The standard InChI is InChI=1S/C21H24N4O2/c1-24(2)14-19(15-9-5-4-6-10-15)22-20(26)13-18-16-11-7-8-12-17(16)21(27)25(3)23-18/h4-12,19H,13-14H2,1-3H3,(H,22,26)/t19-/m0/s1. The highest BCUT2D eigenvalue weighted by atomic mass is 16.2. The maximum atomic E-state index is 12.8. The van der Waals surface area contributed by atoms with Crippen LogP contribution in [0.25, 0.3) is 10.8 Å². The average molecular weight is 364 g/mol. The lowest BCUT2D eigenvalue weighted by Gasteiger charge is -2.23. The number of likely N-dealkylation sites (N-methyl/N-ethyl adjacent to an activating group) is 1. The third-order valence-electron chi connectivity index (χ3n) is 4.45. The maximum absolute atomic E-state index is 12.8. The Morgan fingerprint density at radius 2 is 1.70 bits per heavy atom. The first-order valence-electron chi connectivity index (χ1n) is 8.89. The highest BCUT2D eigenvalue weighted by Crippen LogP contribution is 2.16. The van der Waals surface area contributed by atoms with Gasteiger partial charge in [0.1, 0.15) is 0 Å². The van der Waals surface area contributed by atoms with E-state index >= 15 is 0 Å². The number of hydrogen-bond donors (Lipinski definition) is 1. The molecule has 0 aliphatic heterocycles. The van der Waals surface area contributed by atoms with Crippen molar-refractivity contribution in [1.29, 1.82) is 0 Å². The Hall–Kier alpha value is -2.99. The number of carbonyl (C=O) groups excluding carboxylic acids is 1.